The number of amides is 1. The number of benzene rings is 2. The monoisotopic (exact) mass is 402 g/mol. The van der Waals surface area contributed by atoms with E-state index in [1.165, 1.54) is 4.31 Å². The lowest BCUT2D eigenvalue weighted by Gasteiger charge is -2.34. The summed E-state index contributed by atoms with van der Waals surface area (Å²) in [5, 5.41) is 3.00. The van der Waals surface area contributed by atoms with E-state index < -0.39 is 16.1 Å². The fourth-order valence-corrected chi connectivity index (χ4v) is 4.20. The molecule has 1 N–H and O–H groups in total. The third-order valence-corrected chi connectivity index (χ3v) is 6.03. The van der Waals surface area contributed by atoms with E-state index in [1.807, 2.05) is 51.1 Å². The molecule has 0 spiro atoms. The van der Waals surface area contributed by atoms with E-state index >= 15 is 0 Å². The smallest absolute Gasteiger partial charge is 0.263 e. The van der Waals surface area contributed by atoms with E-state index in [-0.39, 0.29) is 18.5 Å². The second kappa shape index (κ2) is 7.83. The predicted molar refractivity (Wildman–Crippen MR) is 110 cm³/mol. The summed E-state index contributed by atoms with van der Waals surface area (Å²) in [5.74, 6) is 0.0677. The van der Waals surface area contributed by atoms with Gasteiger partial charge in [0.15, 0.2) is 6.10 Å². The summed E-state index contributed by atoms with van der Waals surface area (Å²) in [7, 11) is -3.54. The van der Waals surface area contributed by atoms with Crippen molar-refractivity contribution in [2.24, 2.45) is 0 Å². The summed E-state index contributed by atoms with van der Waals surface area (Å²) in [6.07, 6.45) is 0.942. The van der Waals surface area contributed by atoms with Crippen LogP contribution in [-0.4, -0.2) is 33.2 Å². The maximum Gasteiger partial charge on any atom is 0.263 e. The van der Waals surface area contributed by atoms with Gasteiger partial charge in [-0.2, -0.15) is 0 Å². The molecule has 2 aromatic rings. The van der Waals surface area contributed by atoms with Crippen molar-refractivity contribution >= 4 is 21.6 Å². The largest absolute Gasteiger partial charge is 0.476 e. The highest BCUT2D eigenvalue weighted by atomic mass is 32.2. The van der Waals surface area contributed by atoms with Gasteiger partial charge in [0.1, 0.15) is 5.75 Å². The SMILES string of the molecule is CC[C@@H](NC(=O)[C@@H]1CN(S(C)(=O)=O)c2cc(C)ccc2O1)c1ccc(C)cc1. The Morgan fingerprint density at radius 2 is 1.82 bits per heavy atom. The number of fused-ring (bicyclic) bond motifs is 1. The molecule has 0 fully saturated rings. The average Bonchev–Trinajstić information content (AvgIpc) is 2.65. The lowest BCUT2D eigenvalue weighted by atomic mass is 10.0. The number of nitrogens with zero attached hydrogens (tertiary/aromatic N) is 1. The Morgan fingerprint density at radius 1 is 1.18 bits per heavy atom. The van der Waals surface area contributed by atoms with Gasteiger partial charge in [-0.05, 0) is 43.5 Å². The second-order valence-electron chi connectivity index (χ2n) is 7.25. The third-order valence-electron chi connectivity index (χ3n) is 4.88. The number of carbonyl (C=O) groups excluding carboxylic acids is 1. The summed E-state index contributed by atoms with van der Waals surface area (Å²) in [4.78, 5) is 12.9. The Hall–Kier alpha value is -2.54. The van der Waals surface area contributed by atoms with Gasteiger partial charge in [-0.1, -0.05) is 42.8 Å². The van der Waals surface area contributed by atoms with Crippen LogP contribution in [0.25, 0.3) is 0 Å². The van der Waals surface area contributed by atoms with E-state index in [9.17, 15) is 13.2 Å². The molecule has 0 saturated carbocycles. The number of hydrogen-bond donors (Lipinski definition) is 1. The average molecular weight is 403 g/mol. The molecule has 2 aromatic carbocycles. The lowest BCUT2D eigenvalue weighted by Crippen LogP contribution is -2.51. The van der Waals surface area contributed by atoms with Gasteiger partial charge in [0.25, 0.3) is 5.91 Å². The van der Waals surface area contributed by atoms with Crippen molar-refractivity contribution < 1.29 is 17.9 Å². The summed E-state index contributed by atoms with van der Waals surface area (Å²) < 4.78 is 31.7. The molecule has 1 heterocycles. The summed E-state index contributed by atoms with van der Waals surface area (Å²) >= 11 is 0. The van der Waals surface area contributed by atoms with Crippen LogP contribution >= 0.6 is 0 Å². The molecule has 28 heavy (non-hydrogen) atoms. The number of ether oxygens (including phenoxy) is 1. The van der Waals surface area contributed by atoms with Crippen molar-refractivity contribution in [3.63, 3.8) is 0 Å². The molecule has 0 radical (unpaired) electrons. The maximum atomic E-state index is 12.9. The molecule has 0 saturated heterocycles. The highest BCUT2D eigenvalue weighted by Gasteiger charge is 2.35. The number of anilines is 1. The number of aryl methyl sites for hydroxylation is 2. The van der Waals surface area contributed by atoms with E-state index in [1.54, 1.807) is 12.1 Å². The van der Waals surface area contributed by atoms with Crippen LogP contribution in [0.4, 0.5) is 5.69 Å². The Bertz CT molecular complexity index is 970. The van der Waals surface area contributed by atoms with Crippen molar-refractivity contribution in [2.45, 2.75) is 39.3 Å². The zero-order valence-electron chi connectivity index (χ0n) is 16.6. The molecular formula is C21H26N2O4S. The van der Waals surface area contributed by atoms with Gasteiger partial charge in [0.05, 0.1) is 24.5 Å². The molecule has 2 atom stereocenters. The highest BCUT2D eigenvalue weighted by Crippen LogP contribution is 2.36. The van der Waals surface area contributed by atoms with Gasteiger partial charge < -0.3 is 10.1 Å². The number of hydrogen-bond acceptors (Lipinski definition) is 4. The van der Waals surface area contributed by atoms with Crippen LogP contribution in [-0.2, 0) is 14.8 Å². The topological polar surface area (TPSA) is 75.7 Å². The molecule has 3 rings (SSSR count). The van der Waals surface area contributed by atoms with Crippen LogP contribution in [0, 0.1) is 13.8 Å². The zero-order valence-corrected chi connectivity index (χ0v) is 17.4. The van der Waals surface area contributed by atoms with Gasteiger partial charge in [0.2, 0.25) is 10.0 Å². The fourth-order valence-electron chi connectivity index (χ4n) is 3.30. The Kier molecular flexibility index (Phi) is 5.65. The molecule has 1 aliphatic rings. The second-order valence-corrected chi connectivity index (χ2v) is 9.16. The Labute approximate surface area is 166 Å². The number of sulfonamides is 1. The predicted octanol–water partition coefficient (Wildman–Crippen LogP) is 3.10. The quantitative estimate of drug-likeness (QED) is 0.834. The fraction of sp³-hybridized carbons (Fsp3) is 0.381. The summed E-state index contributed by atoms with van der Waals surface area (Å²) in [6, 6.07) is 13.1. The zero-order chi connectivity index (χ0) is 20.5. The van der Waals surface area contributed by atoms with Gasteiger partial charge in [-0.15, -0.1) is 0 Å². The third kappa shape index (κ3) is 4.30. The molecule has 7 heteroatoms. The summed E-state index contributed by atoms with van der Waals surface area (Å²) in [6.45, 7) is 5.84. The van der Waals surface area contributed by atoms with Crippen molar-refractivity contribution in [1.82, 2.24) is 5.32 Å². The van der Waals surface area contributed by atoms with Gasteiger partial charge in [-0.3, -0.25) is 9.10 Å². The van der Waals surface area contributed by atoms with Gasteiger partial charge >= 0.3 is 0 Å². The summed E-state index contributed by atoms with van der Waals surface area (Å²) in [5.41, 5.74) is 3.55. The molecule has 0 unspecified atom stereocenters. The van der Waals surface area contributed by atoms with Crippen molar-refractivity contribution in [1.29, 1.82) is 0 Å². The first-order valence-corrected chi connectivity index (χ1v) is 11.2. The normalized spacial score (nSPS) is 17.4. The molecule has 0 aliphatic carbocycles. The standard InChI is InChI=1S/C21H26N2O4S/c1-5-17(16-9-6-14(2)7-10-16)22-21(24)20-13-23(28(4,25)26)18-12-15(3)8-11-19(18)27-20/h6-12,17,20H,5,13H2,1-4H3,(H,22,24)/t17-,20+/m1/s1. The van der Waals surface area contributed by atoms with Crippen LogP contribution in [0.1, 0.15) is 36.1 Å². The Morgan fingerprint density at radius 3 is 2.43 bits per heavy atom. The minimum Gasteiger partial charge on any atom is -0.476 e. The van der Waals surface area contributed by atoms with Crippen LogP contribution in [0.5, 0.6) is 5.75 Å². The Balaban J connectivity index is 1.84. The molecule has 6 nitrogen and oxygen atoms in total. The number of rotatable bonds is 5. The van der Waals surface area contributed by atoms with E-state index in [0.717, 1.165) is 22.9 Å². The minimum atomic E-state index is -3.54. The molecular weight excluding hydrogens is 376 g/mol. The van der Waals surface area contributed by atoms with E-state index in [0.29, 0.717) is 17.9 Å². The van der Waals surface area contributed by atoms with Crippen LogP contribution in [0.3, 0.4) is 0 Å². The van der Waals surface area contributed by atoms with Crippen LogP contribution < -0.4 is 14.4 Å². The van der Waals surface area contributed by atoms with Crippen LogP contribution in [0.15, 0.2) is 42.5 Å². The van der Waals surface area contributed by atoms with Gasteiger partial charge in [-0.25, -0.2) is 8.42 Å². The van der Waals surface area contributed by atoms with Crippen molar-refractivity contribution in [2.75, 3.05) is 17.1 Å². The molecule has 0 aromatic heterocycles. The molecule has 1 aliphatic heterocycles. The van der Waals surface area contributed by atoms with Gasteiger partial charge in [0, 0.05) is 0 Å². The first kappa shape index (κ1) is 20.2. The van der Waals surface area contributed by atoms with Crippen molar-refractivity contribution in [3.8, 4) is 5.75 Å². The first-order valence-electron chi connectivity index (χ1n) is 9.31. The first-order chi connectivity index (χ1) is 13.2. The van der Waals surface area contributed by atoms with Crippen molar-refractivity contribution in [3.05, 3.63) is 59.2 Å². The molecule has 0 bridgehead atoms. The highest BCUT2D eigenvalue weighted by molar-refractivity contribution is 7.92. The minimum absolute atomic E-state index is 0.0501. The molecule has 1 amide bonds. The van der Waals surface area contributed by atoms with Crippen LogP contribution in [0.2, 0.25) is 0 Å². The number of nitrogens with one attached hydrogen (secondary N) is 1. The lowest BCUT2D eigenvalue weighted by molar-refractivity contribution is -0.128. The van der Waals surface area contributed by atoms with E-state index in [4.69, 9.17) is 4.74 Å². The molecule has 150 valence electrons. The maximum absolute atomic E-state index is 12.9. The number of carbonyl (C=O) groups is 1. The van der Waals surface area contributed by atoms with E-state index in [2.05, 4.69) is 5.32 Å².